The van der Waals surface area contributed by atoms with Gasteiger partial charge in [0.2, 0.25) is 0 Å². The fourth-order valence-electron chi connectivity index (χ4n) is 1.92. The van der Waals surface area contributed by atoms with E-state index in [9.17, 15) is 8.78 Å². The Kier molecular flexibility index (Phi) is 4.57. The predicted octanol–water partition coefficient (Wildman–Crippen LogP) is 2.35. The highest BCUT2D eigenvalue weighted by Gasteiger charge is 2.15. The molecule has 0 saturated carbocycles. The van der Waals surface area contributed by atoms with Crippen molar-refractivity contribution in [3.63, 3.8) is 0 Å². The molecule has 1 unspecified atom stereocenters. The number of nitrogens with one attached hydrogen (secondary N) is 1. The first kappa shape index (κ1) is 14.0. The Morgan fingerprint density at radius 1 is 1.37 bits per heavy atom. The zero-order valence-corrected chi connectivity index (χ0v) is 11.3. The summed E-state index contributed by atoms with van der Waals surface area (Å²) in [5, 5.41) is 2.92. The average molecular weight is 283 g/mol. The van der Waals surface area contributed by atoms with Gasteiger partial charge >= 0.3 is 0 Å². The van der Waals surface area contributed by atoms with E-state index in [0.29, 0.717) is 18.4 Å². The summed E-state index contributed by atoms with van der Waals surface area (Å²) in [6.45, 7) is 1.92. The second-order valence-electron chi connectivity index (χ2n) is 4.34. The fourth-order valence-corrected chi connectivity index (χ4v) is 2.54. The number of aromatic nitrogens is 1. The highest BCUT2D eigenvalue weighted by Crippen LogP contribution is 2.16. The molecule has 3 nitrogen and oxygen atoms in total. The number of rotatable bonds is 5. The monoisotopic (exact) mass is 283 g/mol. The number of halogens is 2. The van der Waals surface area contributed by atoms with Gasteiger partial charge in [0, 0.05) is 17.8 Å². The second-order valence-corrected chi connectivity index (χ2v) is 5.40. The minimum Gasteiger partial charge on any atom is -0.271 e. The molecule has 1 heterocycles. The standard InChI is InChI=1S/C13H15F2N3S/c1-8-17-11(7-19-8)6-10(18-16)5-9-3-2-4-12(14)13(9)15/h2-4,7,10,18H,5-6,16H2,1H3. The van der Waals surface area contributed by atoms with Crippen molar-refractivity contribution in [3.05, 3.63) is 51.5 Å². The fraction of sp³-hybridized carbons (Fsp3) is 0.308. The number of benzene rings is 1. The van der Waals surface area contributed by atoms with Crippen LogP contribution < -0.4 is 11.3 Å². The van der Waals surface area contributed by atoms with Crippen molar-refractivity contribution in [2.75, 3.05) is 0 Å². The number of nitrogens with two attached hydrogens (primary N) is 1. The van der Waals surface area contributed by atoms with Crippen molar-refractivity contribution >= 4 is 11.3 Å². The first-order valence-electron chi connectivity index (χ1n) is 5.90. The summed E-state index contributed by atoms with van der Waals surface area (Å²) in [6, 6.07) is 3.98. The second kappa shape index (κ2) is 6.18. The van der Waals surface area contributed by atoms with E-state index in [0.717, 1.165) is 16.8 Å². The number of hydrogen-bond donors (Lipinski definition) is 2. The molecule has 102 valence electrons. The highest BCUT2D eigenvalue weighted by molar-refractivity contribution is 7.09. The van der Waals surface area contributed by atoms with Crippen LogP contribution in [0.2, 0.25) is 0 Å². The van der Waals surface area contributed by atoms with Crippen LogP contribution >= 0.6 is 11.3 Å². The van der Waals surface area contributed by atoms with E-state index < -0.39 is 11.6 Å². The van der Waals surface area contributed by atoms with Crippen LogP contribution in [0.4, 0.5) is 8.78 Å². The molecule has 0 bridgehead atoms. The van der Waals surface area contributed by atoms with Crippen molar-refractivity contribution in [3.8, 4) is 0 Å². The van der Waals surface area contributed by atoms with Crippen LogP contribution in [-0.2, 0) is 12.8 Å². The minimum atomic E-state index is -0.835. The van der Waals surface area contributed by atoms with E-state index in [1.165, 1.54) is 6.07 Å². The van der Waals surface area contributed by atoms with Crippen LogP contribution in [0, 0.1) is 18.6 Å². The number of thiazole rings is 1. The summed E-state index contributed by atoms with van der Waals surface area (Å²) in [6.07, 6.45) is 0.896. The molecular formula is C13H15F2N3S. The molecule has 1 atom stereocenters. The first-order chi connectivity index (χ1) is 9.10. The zero-order valence-electron chi connectivity index (χ0n) is 10.5. The molecule has 3 N–H and O–H groups in total. The quantitative estimate of drug-likeness (QED) is 0.654. The normalized spacial score (nSPS) is 12.6. The first-order valence-corrected chi connectivity index (χ1v) is 6.78. The third-order valence-electron chi connectivity index (χ3n) is 2.86. The van der Waals surface area contributed by atoms with Gasteiger partial charge in [-0.25, -0.2) is 13.8 Å². The zero-order chi connectivity index (χ0) is 13.8. The van der Waals surface area contributed by atoms with Gasteiger partial charge in [-0.1, -0.05) is 12.1 Å². The SMILES string of the molecule is Cc1nc(CC(Cc2cccc(F)c2F)NN)cs1. The lowest BCUT2D eigenvalue weighted by Crippen LogP contribution is -2.38. The lowest BCUT2D eigenvalue weighted by molar-refractivity contribution is 0.472. The lowest BCUT2D eigenvalue weighted by Gasteiger charge is -2.15. The van der Waals surface area contributed by atoms with Gasteiger partial charge in [0.25, 0.3) is 0 Å². The molecule has 1 aromatic carbocycles. The van der Waals surface area contributed by atoms with Gasteiger partial charge in [-0.15, -0.1) is 11.3 Å². The van der Waals surface area contributed by atoms with Crippen molar-refractivity contribution in [2.24, 2.45) is 5.84 Å². The maximum atomic E-state index is 13.6. The van der Waals surface area contributed by atoms with Gasteiger partial charge in [-0.05, 0) is 25.0 Å². The smallest absolute Gasteiger partial charge is 0.162 e. The number of nitrogens with zero attached hydrogens (tertiary/aromatic N) is 1. The molecule has 0 radical (unpaired) electrons. The third-order valence-corrected chi connectivity index (χ3v) is 3.68. The summed E-state index contributed by atoms with van der Waals surface area (Å²) >= 11 is 1.55. The van der Waals surface area contributed by atoms with Crippen LogP contribution in [0.25, 0.3) is 0 Å². The molecule has 1 aromatic heterocycles. The van der Waals surface area contributed by atoms with E-state index in [1.807, 2.05) is 12.3 Å². The molecule has 0 amide bonds. The molecule has 0 aliphatic carbocycles. The van der Waals surface area contributed by atoms with Gasteiger partial charge in [-0.3, -0.25) is 11.3 Å². The Morgan fingerprint density at radius 3 is 2.79 bits per heavy atom. The summed E-state index contributed by atoms with van der Waals surface area (Å²) < 4.78 is 26.7. The molecule has 0 aliphatic heterocycles. The topological polar surface area (TPSA) is 50.9 Å². The van der Waals surface area contributed by atoms with E-state index in [-0.39, 0.29) is 6.04 Å². The van der Waals surface area contributed by atoms with E-state index in [4.69, 9.17) is 5.84 Å². The molecule has 19 heavy (non-hydrogen) atoms. The van der Waals surface area contributed by atoms with E-state index >= 15 is 0 Å². The molecule has 2 aromatic rings. The van der Waals surface area contributed by atoms with Crippen LogP contribution in [-0.4, -0.2) is 11.0 Å². The largest absolute Gasteiger partial charge is 0.271 e. The number of aryl methyl sites for hydroxylation is 1. The number of hydrogen-bond acceptors (Lipinski definition) is 4. The molecule has 0 spiro atoms. The van der Waals surface area contributed by atoms with Gasteiger partial charge in [0.1, 0.15) is 0 Å². The van der Waals surface area contributed by atoms with Crippen molar-refractivity contribution in [2.45, 2.75) is 25.8 Å². The molecule has 0 saturated heterocycles. The Labute approximate surface area is 114 Å². The molecule has 2 rings (SSSR count). The Morgan fingerprint density at radius 2 is 2.16 bits per heavy atom. The molecule has 0 aliphatic rings. The van der Waals surface area contributed by atoms with Crippen LogP contribution in [0.15, 0.2) is 23.6 Å². The number of hydrazine groups is 1. The highest BCUT2D eigenvalue weighted by atomic mass is 32.1. The summed E-state index contributed by atoms with van der Waals surface area (Å²) in [4.78, 5) is 4.34. The summed E-state index contributed by atoms with van der Waals surface area (Å²) in [5.74, 6) is 3.83. The van der Waals surface area contributed by atoms with Crippen molar-refractivity contribution in [1.82, 2.24) is 10.4 Å². The van der Waals surface area contributed by atoms with Crippen molar-refractivity contribution in [1.29, 1.82) is 0 Å². The van der Waals surface area contributed by atoms with Crippen LogP contribution in [0.1, 0.15) is 16.3 Å². The lowest BCUT2D eigenvalue weighted by atomic mass is 10.0. The predicted molar refractivity (Wildman–Crippen MR) is 71.7 cm³/mol. The maximum Gasteiger partial charge on any atom is 0.162 e. The average Bonchev–Trinajstić information content (AvgIpc) is 2.79. The van der Waals surface area contributed by atoms with Gasteiger partial charge in [-0.2, -0.15) is 0 Å². The van der Waals surface area contributed by atoms with E-state index in [1.54, 1.807) is 17.4 Å². The van der Waals surface area contributed by atoms with Gasteiger partial charge in [0.05, 0.1) is 10.7 Å². The van der Waals surface area contributed by atoms with Crippen LogP contribution in [0.5, 0.6) is 0 Å². The summed E-state index contributed by atoms with van der Waals surface area (Å²) in [7, 11) is 0. The van der Waals surface area contributed by atoms with Crippen LogP contribution in [0.3, 0.4) is 0 Å². The Hall–Kier alpha value is -1.37. The third kappa shape index (κ3) is 3.56. The maximum absolute atomic E-state index is 13.6. The molecule has 6 heteroatoms. The van der Waals surface area contributed by atoms with E-state index in [2.05, 4.69) is 10.4 Å². The molecule has 0 fully saturated rings. The minimum absolute atomic E-state index is 0.183. The van der Waals surface area contributed by atoms with Gasteiger partial charge < -0.3 is 0 Å². The van der Waals surface area contributed by atoms with Crippen molar-refractivity contribution < 1.29 is 8.78 Å². The Bertz CT molecular complexity index is 557. The Balaban J connectivity index is 2.08. The van der Waals surface area contributed by atoms with Gasteiger partial charge in [0.15, 0.2) is 11.6 Å². The molecular weight excluding hydrogens is 268 g/mol. The summed E-state index contributed by atoms with van der Waals surface area (Å²) in [5.41, 5.74) is 3.85.